The molecule has 1 aliphatic heterocycles. The molecular weight excluding hydrogens is 216 g/mol. The fraction of sp³-hybridized carbons (Fsp3) is 0.500. The predicted octanol–water partition coefficient (Wildman–Crippen LogP) is 0.838. The Bertz CT molecular complexity index is 399. The van der Waals surface area contributed by atoms with Crippen LogP contribution in [0.15, 0.2) is 18.5 Å². The quantitative estimate of drug-likeness (QED) is 0.813. The van der Waals surface area contributed by atoms with Crippen LogP contribution in [0.2, 0.25) is 0 Å². The number of anilines is 2. The molecule has 17 heavy (non-hydrogen) atoms. The van der Waals surface area contributed by atoms with Crippen LogP contribution in [0.1, 0.15) is 12.8 Å². The van der Waals surface area contributed by atoms with Crippen molar-refractivity contribution in [2.75, 3.05) is 30.9 Å². The Morgan fingerprint density at radius 1 is 1.59 bits per heavy atom. The van der Waals surface area contributed by atoms with Gasteiger partial charge in [0.1, 0.15) is 0 Å². The number of aromatic nitrogens is 1. The molecule has 2 rings (SSSR count). The van der Waals surface area contributed by atoms with Crippen LogP contribution in [0.25, 0.3) is 0 Å². The van der Waals surface area contributed by atoms with Gasteiger partial charge in [-0.15, -0.1) is 0 Å². The standard InChI is InChI=1S/C12H18N4O/c1-16(2)11-5-7-13-8-10(11)15-12(17)9-4-3-6-14-9/h5,7-9,14H,3-4,6H2,1-2H3,(H,15,17)/t9-/m0/s1. The van der Waals surface area contributed by atoms with Crippen molar-refractivity contribution in [3.8, 4) is 0 Å². The van der Waals surface area contributed by atoms with Crippen molar-refractivity contribution in [1.82, 2.24) is 10.3 Å². The summed E-state index contributed by atoms with van der Waals surface area (Å²) in [4.78, 5) is 18.0. The van der Waals surface area contributed by atoms with E-state index in [0.717, 1.165) is 30.8 Å². The van der Waals surface area contributed by atoms with Gasteiger partial charge in [0, 0.05) is 20.3 Å². The lowest BCUT2D eigenvalue weighted by molar-refractivity contribution is -0.117. The topological polar surface area (TPSA) is 57.3 Å². The molecule has 92 valence electrons. The lowest BCUT2D eigenvalue weighted by Crippen LogP contribution is -2.35. The maximum Gasteiger partial charge on any atom is 0.241 e. The van der Waals surface area contributed by atoms with Gasteiger partial charge in [-0.05, 0) is 25.5 Å². The number of pyridine rings is 1. The Hall–Kier alpha value is -1.62. The van der Waals surface area contributed by atoms with Crippen LogP contribution in [0.5, 0.6) is 0 Å². The second-order valence-corrected chi connectivity index (χ2v) is 4.43. The van der Waals surface area contributed by atoms with Crippen LogP contribution in [0.4, 0.5) is 11.4 Å². The number of hydrogen-bond donors (Lipinski definition) is 2. The van der Waals surface area contributed by atoms with Crippen molar-refractivity contribution in [2.24, 2.45) is 0 Å². The van der Waals surface area contributed by atoms with E-state index in [4.69, 9.17) is 0 Å². The van der Waals surface area contributed by atoms with Gasteiger partial charge in [-0.2, -0.15) is 0 Å². The van der Waals surface area contributed by atoms with E-state index in [1.807, 2.05) is 25.1 Å². The first-order chi connectivity index (χ1) is 8.18. The zero-order chi connectivity index (χ0) is 12.3. The van der Waals surface area contributed by atoms with E-state index in [1.165, 1.54) is 0 Å². The summed E-state index contributed by atoms with van der Waals surface area (Å²) in [5.74, 6) is 0.0265. The molecule has 1 atom stereocenters. The fourth-order valence-corrected chi connectivity index (χ4v) is 2.00. The van der Waals surface area contributed by atoms with Crippen LogP contribution in [-0.4, -0.2) is 37.6 Å². The third-order valence-electron chi connectivity index (χ3n) is 2.91. The minimum atomic E-state index is -0.0646. The third-order valence-corrected chi connectivity index (χ3v) is 2.91. The van der Waals surface area contributed by atoms with Gasteiger partial charge in [0.15, 0.2) is 0 Å². The van der Waals surface area contributed by atoms with Crippen molar-refractivity contribution in [3.63, 3.8) is 0 Å². The van der Waals surface area contributed by atoms with Gasteiger partial charge in [-0.25, -0.2) is 0 Å². The molecule has 2 N–H and O–H groups in total. The number of carbonyl (C=O) groups excluding carboxylic acids is 1. The molecule has 1 amide bonds. The summed E-state index contributed by atoms with van der Waals surface area (Å²) in [6, 6.07) is 1.82. The highest BCUT2D eigenvalue weighted by atomic mass is 16.2. The summed E-state index contributed by atoms with van der Waals surface area (Å²) >= 11 is 0. The molecule has 5 nitrogen and oxygen atoms in total. The van der Waals surface area contributed by atoms with Crippen molar-refractivity contribution in [2.45, 2.75) is 18.9 Å². The highest BCUT2D eigenvalue weighted by molar-refractivity contribution is 5.97. The summed E-state index contributed by atoms with van der Waals surface area (Å²) in [6.07, 6.45) is 5.37. The van der Waals surface area contributed by atoms with Crippen molar-refractivity contribution < 1.29 is 4.79 Å². The van der Waals surface area contributed by atoms with Gasteiger partial charge in [-0.3, -0.25) is 9.78 Å². The fourth-order valence-electron chi connectivity index (χ4n) is 2.00. The zero-order valence-electron chi connectivity index (χ0n) is 10.2. The molecule has 2 heterocycles. The van der Waals surface area contributed by atoms with Gasteiger partial charge in [0.2, 0.25) is 5.91 Å². The lowest BCUT2D eigenvalue weighted by atomic mass is 10.2. The largest absolute Gasteiger partial charge is 0.376 e. The Balaban J connectivity index is 2.09. The molecule has 1 aromatic rings. The van der Waals surface area contributed by atoms with E-state index in [-0.39, 0.29) is 11.9 Å². The third kappa shape index (κ3) is 2.74. The van der Waals surface area contributed by atoms with Gasteiger partial charge >= 0.3 is 0 Å². The lowest BCUT2D eigenvalue weighted by Gasteiger charge is -2.18. The summed E-state index contributed by atoms with van der Waals surface area (Å²) < 4.78 is 0. The number of nitrogens with zero attached hydrogens (tertiary/aromatic N) is 2. The van der Waals surface area contributed by atoms with E-state index in [0.29, 0.717) is 0 Å². The smallest absolute Gasteiger partial charge is 0.241 e. The number of nitrogens with one attached hydrogen (secondary N) is 2. The molecule has 1 aromatic heterocycles. The maximum atomic E-state index is 12.0. The number of amides is 1. The molecule has 1 fully saturated rings. The molecule has 1 aliphatic rings. The molecule has 1 saturated heterocycles. The minimum absolute atomic E-state index is 0.0265. The Kier molecular flexibility index (Phi) is 3.58. The normalized spacial score (nSPS) is 19.1. The van der Waals surface area contributed by atoms with Gasteiger partial charge in [0.05, 0.1) is 23.6 Å². The molecule has 0 bridgehead atoms. The molecule has 0 saturated carbocycles. The van der Waals surface area contributed by atoms with E-state index >= 15 is 0 Å². The van der Waals surface area contributed by atoms with E-state index in [2.05, 4.69) is 15.6 Å². The highest BCUT2D eigenvalue weighted by Crippen LogP contribution is 2.22. The molecule has 5 heteroatoms. The molecular formula is C12H18N4O. The van der Waals surface area contributed by atoms with Crippen LogP contribution in [0, 0.1) is 0 Å². The number of hydrogen-bond acceptors (Lipinski definition) is 4. The highest BCUT2D eigenvalue weighted by Gasteiger charge is 2.22. The second kappa shape index (κ2) is 5.14. The van der Waals surface area contributed by atoms with E-state index in [9.17, 15) is 4.79 Å². The van der Waals surface area contributed by atoms with E-state index in [1.54, 1.807) is 12.4 Å². The van der Waals surface area contributed by atoms with E-state index < -0.39 is 0 Å². The molecule has 0 spiro atoms. The minimum Gasteiger partial charge on any atom is -0.376 e. The van der Waals surface area contributed by atoms with Crippen LogP contribution in [0.3, 0.4) is 0 Å². The first kappa shape index (κ1) is 11.9. The van der Waals surface area contributed by atoms with Crippen LogP contribution < -0.4 is 15.5 Å². The van der Waals surface area contributed by atoms with Gasteiger partial charge in [-0.1, -0.05) is 0 Å². The van der Waals surface area contributed by atoms with Crippen LogP contribution in [-0.2, 0) is 4.79 Å². The maximum absolute atomic E-state index is 12.0. The summed E-state index contributed by atoms with van der Waals surface area (Å²) in [6.45, 7) is 0.922. The average Bonchev–Trinajstić information content (AvgIpc) is 2.83. The average molecular weight is 234 g/mol. The Morgan fingerprint density at radius 2 is 2.41 bits per heavy atom. The van der Waals surface area contributed by atoms with Crippen molar-refractivity contribution in [3.05, 3.63) is 18.5 Å². The second-order valence-electron chi connectivity index (χ2n) is 4.43. The number of rotatable bonds is 3. The monoisotopic (exact) mass is 234 g/mol. The molecule has 0 aliphatic carbocycles. The Labute approximate surface area is 101 Å². The SMILES string of the molecule is CN(C)c1ccncc1NC(=O)[C@@H]1CCCN1. The summed E-state index contributed by atoms with van der Waals surface area (Å²) in [7, 11) is 3.89. The van der Waals surface area contributed by atoms with Gasteiger partial charge < -0.3 is 15.5 Å². The first-order valence-corrected chi connectivity index (χ1v) is 5.84. The zero-order valence-corrected chi connectivity index (χ0v) is 10.2. The molecule has 0 unspecified atom stereocenters. The summed E-state index contributed by atoms with van der Waals surface area (Å²) in [5, 5.41) is 6.11. The molecule has 0 aromatic carbocycles. The Morgan fingerprint density at radius 3 is 3.06 bits per heavy atom. The van der Waals surface area contributed by atoms with Crippen molar-refractivity contribution >= 4 is 17.3 Å². The number of carbonyl (C=O) groups is 1. The predicted molar refractivity (Wildman–Crippen MR) is 68.2 cm³/mol. The molecule has 0 radical (unpaired) electrons. The van der Waals surface area contributed by atoms with Crippen molar-refractivity contribution in [1.29, 1.82) is 0 Å². The summed E-state index contributed by atoms with van der Waals surface area (Å²) in [5.41, 5.74) is 1.72. The van der Waals surface area contributed by atoms with Crippen LogP contribution >= 0.6 is 0 Å². The van der Waals surface area contributed by atoms with Gasteiger partial charge in [0.25, 0.3) is 0 Å². The first-order valence-electron chi connectivity index (χ1n) is 5.84.